The quantitative estimate of drug-likeness (QED) is 0.932. The summed E-state index contributed by atoms with van der Waals surface area (Å²) in [6.07, 6.45) is 0. The molecule has 0 aliphatic carbocycles. The smallest absolute Gasteiger partial charge is 0.314 e. The van der Waals surface area contributed by atoms with E-state index in [4.69, 9.17) is 4.52 Å². The van der Waals surface area contributed by atoms with Crippen LogP contribution in [0.5, 0.6) is 0 Å². The van der Waals surface area contributed by atoms with Crippen LogP contribution in [0, 0.1) is 13.8 Å². The predicted molar refractivity (Wildman–Crippen MR) is 68.7 cm³/mol. The Bertz CT molecular complexity index is 681. The minimum absolute atomic E-state index is 0.115. The van der Waals surface area contributed by atoms with E-state index in [1.165, 1.54) is 6.07 Å². The molecule has 0 amide bonds. The van der Waals surface area contributed by atoms with Crippen LogP contribution in [-0.2, 0) is 10.0 Å². The molecule has 1 aromatic heterocycles. The Morgan fingerprint density at radius 3 is 2.61 bits per heavy atom. The third-order valence-electron chi connectivity index (χ3n) is 2.13. The highest BCUT2D eigenvalue weighted by molar-refractivity contribution is 9.10. The first-order chi connectivity index (χ1) is 8.38. The second-order valence-corrected chi connectivity index (χ2v) is 6.19. The Labute approximate surface area is 113 Å². The summed E-state index contributed by atoms with van der Waals surface area (Å²) in [5, 5.41) is 3.51. The third-order valence-corrected chi connectivity index (χ3v) is 4.42. The van der Waals surface area contributed by atoms with Gasteiger partial charge in [-0.3, -0.25) is 0 Å². The van der Waals surface area contributed by atoms with E-state index in [0.29, 0.717) is 10.3 Å². The van der Waals surface area contributed by atoms with E-state index in [2.05, 4.69) is 30.8 Å². The summed E-state index contributed by atoms with van der Waals surface area (Å²) >= 11 is 3.22. The van der Waals surface area contributed by atoms with E-state index in [1.54, 1.807) is 19.1 Å². The maximum absolute atomic E-state index is 12.1. The largest absolute Gasteiger partial charge is 0.335 e. The molecule has 0 radical (unpaired) electrons. The minimum atomic E-state index is -3.74. The number of aromatic nitrogens is 2. The van der Waals surface area contributed by atoms with Crippen LogP contribution in [0.1, 0.15) is 11.4 Å². The van der Waals surface area contributed by atoms with Gasteiger partial charge in [0.2, 0.25) is 0 Å². The van der Waals surface area contributed by atoms with Gasteiger partial charge in [0.25, 0.3) is 10.0 Å². The number of halogens is 1. The van der Waals surface area contributed by atoms with Crippen LogP contribution in [0.3, 0.4) is 0 Å². The molecule has 0 bridgehead atoms. The lowest BCUT2D eigenvalue weighted by atomic mass is 10.2. The second kappa shape index (κ2) is 4.69. The molecule has 0 aliphatic heterocycles. The van der Waals surface area contributed by atoms with Crippen LogP contribution in [0.2, 0.25) is 0 Å². The molecule has 0 fully saturated rings. The molecule has 1 heterocycles. The molecular formula is C10H10BrN3O3S. The van der Waals surface area contributed by atoms with Crippen LogP contribution in [0.25, 0.3) is 0 Å². The van der Waals surface area contributed by atoms with Crippen molar-refractivity contribution in [1.29, 1.82) is 0 Å². The van der Waals surface area contributed by atoms with Crippen molar-refractivity contribution in [1.82, 2.24) is 10.1 Å². The summed E-state index contributed by atoms with van der Waals surface area (Å²) in [6, 6.07) is 4.77. The first-order valence-corrected chi connectivity index (χ1v) is 7.25. The van der Waals surface area contributed by atoms with E-state index in [9.17, 15) is 8.42 Å². The van der Waals surface area contributed by atoms with E-state index in [0.717, 1.165) is 5.56 Å². The van der Waals surface area contributed by atoms with Gasteiger partial charge in [0.1, 0.15) is 4.90 Å². The molecule has 6 nitrogen and oxygen atoms in total. The normalized spacial score (nSPS) is 11.5. The highest BCUT2D eigenvalue weighted by atomic mass is 79.9. The highest BCUT2D eigenvalue weighted by Gasteiger charge is 2.20. The van der Waals surface area contributed by atoms with Gasteiger partial charge < -0.3 is 4.52 Å². The number of sulfonamides is 1. The number of nitrogens with one attached hydrogen (secondary N) is 1. The number of rotatable bonds is 3. The van der Waals surface area contributed by atoms with Gasteiger partial charge in [0, 0.05) is 4.47 Å². The summed E-state index contributed by atoms with van der Waals surface area (Å²) in [5.41, 5.74) is 0.953. The second-order valence-electron chi connectivity index (χ2n) is 3.69. The van der Waals surface area contributed by atoms with Crippen molar-refractivity contribution in [3.63, 3.8) is 0 Å². The van der Waals surface area contributed by atoms with Gasteiger partial charge in [-0.1, -0.05) is 11.2 Å². The molecule has 2 aromatic rings. The van der Waals surface area contributed by atoms with Crippen LogP contribution < -0.4 is 4.72 Å². The standard InChI is InChI=1S/C10H10BrN3O3S/c1-6-3-4-9(8(11)5-6)18(15,16)14-10-12-7(2)13-17-10/h3-5H,1-2H3,(H,12,13,14). The van der Waals surface area contributed by atoms with Crippen LogP contribution in [-0.4, -0.2) is 18.6 Å². The van der Waals surface area contributed by atoms with Crippen LogP contribution in [0.4, 0.5) is 6.01 Å². The molecule has 0 saturated carbocycles. The van der Waals surface area contributed by atoms with Crippen molar-refractivity contribution >= 4 is 32.0 Å². The summed E-state index contributed by atoms with van der Waals surface area (Å²) < 4.78 is 31.6. The van der Waals surface area contributed by atoms with Gasteiger partial charge >= 0.3 is 6.01 Å². The Balaban J connectivity index is 2.36. The monoisotopic (exact) mass is 331 g/mol. The molecule has 0 saturated heterocycles. The minimum Gasteiger partial charge on any atom is -0.314 e. The Kier molecular flexibility index (Phi) is 3.40. The number of hydrogen-bond donors (Lipinski definition) is 1. The molecule has 8 heteroatoms. The van der Waals surface area contributed by atoms with Gasteiger partial charge in [-0.2, -0.15) is 4.98 Å². The van der Waals surface area contributed by atoms with Crippen LogP contribution >= 0.6 is 15.9 Å². The molecule has 0 atom stereocenters. The molecule has 0 aliphatic rings. The molecule has 96 valence electrons. The number of aryl methyl sites for hydroxylation is 2. The number of anilines is 1. The maximum Gasteiger partial charge on any atom is 0.335 e. The van der Waals surface area contributed by atoms with E-state index in [1.807, 2.05) is 6.92 Å². The number of benzene rings is 1. The van der Waals surface area contributed by atoms with Crippen molar-refractivity contribution < 1.29 is 12.9 Å². The first-order valence-electron chi connectivity index (χ1n) is 4.98. The number of nitrogens with zero attached hydrogens (tertiary/aromatic N) is 2. The predicted octanol–water partition coefficient (Wildman–Crippen LogP) is 2.25. The van der Waals surface area contributed by atoms with Crippen molar-refractivity contribution in [2.24, 2.45) is 0 Å². The summed E-state index contributed by atoms with van der Waals surface area (Å²) in [5.74, 6) is 0.357. The molecule has 18 heavy (non-hydrogen) atoms. The molecule has 1 N–H and O–H groups in total. The lowest BCUT2D eigenvalue weighted by molar-refractivity contribution is 0.429. The van der Waals surface area contributed by atoms with Crippen molar-refractivity contribution in [2.75, 3.05) is 4.72 Å². The van der Waals surface area contributed by atoms with E-state index >= 15 is 0 Å². The molecule has 2 rings (SSSR count). The zero-order valence-electron chi connectivity index (χ0n) is 9.64. The average molecular weight is 332 g/mol. The third kappa shape index (κ3) is 2.70. The van der Waals surface area contributed by atoms with Gasteiger partial charge in [-0.25, -0.2) is 13.1 Å². The van der Waals surface area contributed by atoms with Gasteiger partial charge in [-0.15, -0.1) is 0 Å². The zero-order valence-corrected chi connectivity index (χ0v) is 12.0. The van der Waals surface area contributed by atoms with Gasteiger partial charge in [0.15, 0.2) is 5.82 Å². The summed E-state index contributed by atoms with van der Waals surface area (Å²) in [6.45, 7) is 3.47. The summed E-state index contributed by atoms with van der Waals surface area (Å²) in [4.78, 5) is 3.90. The molecule has 1 aromatic carbocycles. The maximum atomic E-state index is 12.1. The Hall–Kier alpha value is -1.41. The SMILES string of the molecule is Cc1ccc(S(=O)(=O)Nc2nc(C)no2)c(Br)c1. The lowest BCUT2D eigenvalue weighted by Gasteiger charge is -2.06. The fourth-order valence-corrected chi connectivity index (χ4v) is 3.45. The molecule has 0 unspecified atom stereocenters. The topological polar surface area (TPSA) is 85.1 Å². The van der Waals surface area contributed by atoms with E-state index in [-0.39, 0.29) is 10.9 Å². The van der Waals surface area contributed by atoms with Crippen LogP contribution in [0.15, 0.2) is 32.1 Å². The average Bonchev–Trinajstić information content (AvgIpc) is 2.62. The van der Waals surface area contributed by atoms with Crippen molar-refractivity contribution in [3.05, 3.63) is 34.1 Å². The van der Waals surface area contributed by atoms with E-state index < -0.39 is 10.0 Å². The van der Waals surface area contributed by atoms with Gasteiger partial charge in [-0.05, 0) is 47.5 Å². The summed E-state index contributed by atoms with van der Waals surface area (Å²) in [7, 11) is -3.74. The highest BCUT2D eigenvalue weighted by Crippen LogP contribution is 2.24. The molecule has 0 spiro atoms. The Morgan fingerprint density at radius 1 is 1.33 bits per heavy atom. The first kappa shape index (κ1) is 13.0. The lowest BCUT2D eigenvalue weighted by Crippen LogP contribution is -2.13. The Morgan fingerprint density at radius 2 is 2.06 bits per heavy atom. The molecular weight excluding hydrogens is 322 g/mol. The van der Waals surface area contributed by atoms with Gasteiger partial charge in [0.05, 0.1) is 0 Å². The fourth-order valence-electron chi connectivity index (χ4n) is 1.33. The zero-order chi connectivity index (χ0) is 13.3. The number of hydrogen-bond acceptors (Lipinski definition) is 5. The fraction of sp³-hybridized carbons (Fsp3) is 0.200. The van der Waals surface area contributed by atoms with Crippen molar-refractivity contribution in [2.45, 2.75) is 18.7 Å². The van der Waals surface area contributed by atoms with Crippen molar-refractivity contribution in [3.8, 4) is 0 Å².